The van der Waals surface area contributed by atoms with Gasteiger partial charge in [0.05, 0.1) is 26.9 Å². The zero-order valence-corrected chi connectivity index (χ0v) is 11.4. The second-order valence-corrected chi connectivity index (χ2v) is 3.89. The summed E-state index contributed by atoms with van der Waals surface area (Å²) in [6, 6.07) is 2.84. The number of rotatable bonds is 7. The number of hydrogen-bond donors (Lipinski definition) is 2. The lowest BCUT2D eigenvalue weighted by atomic mass is 10.0. The Bertz CT molecular complexity index is 510. The second-order valence-electron chi connectivity index (χ2n) is 3.89. The molecule has 0 aliphatic heterocycles. The summed E-state index contributed by atoms with van der Waals surface area (Å²) in [5.41, 5.74) is 0.116. The molecule has 2 N–H and O–H groups in total. The van der Waals surface area contributed by atoms with E-state index in [2.05, 4.69) is 0 Å². The van der Waals surface area contributed by atoms with Crippen molar-refractivity contribution in [3.63, 3.8) is 0 Å². The Hall–Kier alpha value is -2.28. The van der Waals surface area contributed by atoms with Crippen LogP contribution in [0.1, 0.15) is 16.8 Å². The molecule has 0 aromatic heterocycles. The summed E-state index contributed by atoms with van der Waals surface area (Å²) in [5.74, 6) is -1.14. The molecule has 7 heteroatoms. The number of aliphatic carboxylic acids is 1. The van der Waals surface area contributed by atoms with Crippen molar-refractivity contribution in [2.45, 2.75) is 12.5 Å². The first-order valence-corrected chi connectivity index (χ1v) is 5.68. The Morgan fingerprint density at radius 1 is 1.05 bits per heavy atom. The molecule has 0 aliphatic carbocycles. The lowest BCUT2D eigenvalue weighted by molar-refractivity contribution is -0.146. The van der Waals surface area contributed by atoms with E-state index in [0.29, 0.717) is 11.5 Å². The Kier molecular flexibility index (Phi) is 5.33. The Morgan fingerprint density at radius 3 is 2.00 bits per heavy atom. The second kappa shape index (κ2) is 6.76. The van der Waals surface area contributed by atoms with Crippen LogP contribution in [-0.2, 0) is 4.79 Å². The molecule has 20 heavy (non-hydrogen) atoms. The number of carboxylic acid groups (broad SMARTS) is 1. The minimum atomic E-state index is -1.76. The van der Waals surface area contributed by atoms with Gasteiger partial charge in [-0.05, 0) is 6.07 Å². The van der Waals surface area contributed by atoms with Gasteiger partial charge in [0.25, 0.3) is 0 Å². The van der Waals surface area contributed by atoms with Crippen LogP contribution in [0.4, 0.5) is 0 Å². The molecule has 1 rings (SSSR count). The molecule has 0 radical (unpaired) electrons. The average molecular weight is 284 g/mol. The molecular weight excluding hydrogens is 268 g/mol. The molecule has 0 bridgehead atoms. The first kappa shape index (κ1) is 15.8. The van der Waals surface area contributed by atoms with Gasteiger partial charge in [-0.2, -0.15) is 0 Å². The smallest absolute Gasteiger partial charge is 0.332 e. The molecule has 7 nitrogen and oxygen atoms in total. The average Bonchev–Trinajstić information content (AvgIpc) is 2.45. The third-order valence-electron chi connectivity index (χ3n) is 2.67. The molecule has 0 heterocycles. The van der Waals surface area contributed by atoms with E-state index in [4.69, 9.17) is 19.3 Å². The van der Waals surface area contributed by atoms with Crippen molar-refractivity contribution in [3.05, 3.63) is 17.7 Å². The first-order chi connectivity index (χ1) is 9.44. The van der Waals surface area contributed by atoms with E-state index >= 15 is 0 Å². The van der Waals surface area contributed by atoms with Gasteiger partial charge in [0, 0.05) is 12.5 Å². The number of carbonyl (C=O) groups is 2. The van der Waals surface area contributed by atoms with Crippen LogP contribution in [0.25, 0.3) is 0 Å². The van der Waals surface area contributed by atoms with Crippen molar-refractivity contribution in [2.24, 2.45) is 0 Å². The number of methoxy groups -OCH3 is 3. The normalized spacial score (nSPS) is 11.6. The summed E-state index contributed by atoms with van der Waals surface area (Å²) in [6.45, 7) is 0. The summed E-state index contributed by atoms with van der Waals surface area (Å²) in [5, 5.41) is 17.8. The molecular formula is C13H16O7. The van der Waals surface area contributed by atoms with Crippen LogP contribution >= 0.6 is 0 Å². The summed E-state index contributed by atoms with van der Waals surface area (Å²) >= 11 is 0. The molecule has 1 aromatic rings. The first-order valence-electron chi connectivity index (χ1n) is 5.68. The number of carbonyl (C=O) groups excluding carboxylic acids is 1. The number of aliphatic hydroxyl groups excluding tert-OH is 1. The predicted octanol–water partition coefficient (Wildman–Crippen LogP) is 0.731. The number of Topliss-reactive ketones (excluding diaryl/α,β-unsaturated/α-hetero) is 1. The van der Waals surface area contributed by atoms with Crippen molar-refractivity contribution < 1.29 is 34.0 Å². The molecule has 1 aromatic carbocycles. The van der Waals surface area contributed by atoms with Gasteiger partial charge in [-0.15, -0.1) is 0 Å². The Balaban J connectivity index is 3.15. The largest absolute Gasteiger partial charge is 0.496 e. The van der Waals surface area contributed by atoms with E-state index in [0.717, 1.165) is 0 Å². The molecule has 0 aliphatic rings. The van der Waals surface area contributed by atoms with Crippen molar-refractivity contribution in [1.82, 2.24) is 0 Å². The van der Waals surface area contributed by atoms with Crippen LogP contribution in [0.3, 0.4) is 0 Å². The lowest BCUT2D eigenvalue weighted by Crippen LogP contribution is -2.23. The topological polar surface area (TPSA) is 102 Å². The number of benzene rings is 1. The van der Waals surface area contributed by atoms with Crippen molar-refractivity contribution in [3.8, 4) is 17.2 Å². The van der Waals surface area contributed by atoms with Gasteiger partial charge in [0.1, 0.15) is 5.75 Å². The highest BCUT2D eigenvalue weighted by molar-refractivity contribution is 6.01. The SMILES string of the molecule is COc1cc(OC)c(C(=O)CC(O)C(=O)O)cc1OC. The third-order valence-corrected chi connectivity index (χ3v) is 2.67. The Labute approximate surface area is 115 Å². The van der Waals surface area contributed by atoms with Gasteiger partial charge in [-0.3, -0.25) is 4.79 Å². The summed E-state index contributed by atoms with van der Waals surface area (Å²) in [4.78, 5) is 22.6. The molecule has 110 valence electrons. The highest BCUT2D eigenvalue weighted by Gasteiger charge is 2.23. The fourth-order valence-corrected chi connectivity index (χ4v) is 1.62. The van der Waals surface area contributed by atoms with Crippen molar-refractivity contribution >= 4 is 11.8 Å². The van der Waals surface area contributed by atoms with Gasteiger partial charge in [0.15, 0.2) is 23.4 Å². The highest BCUT2D eigenvalue weighted by atomic mass is 16.5. The van der Waals surface area contributed by atoms with Crippen LogP contribution in [0.15, 0.2) is 12.1 Å². The van der Waals surface area contributed by atoms with Crippen molar-refractivity contribution in [2.75, 3.05) is 21.3 Å². The van der Waals surface area contributed by atoms with Gasteiger partial charge < -0.3 is 24.4 Å². The van der Waals surface area contributed by atoms with Crippen LogP contribution in [0.5, 0.6) is 17.2 Å². The number of carboxylic acids is 1. The van der Waals surface area contributed by atoms with Gasteiger partial charge in [-0.25, -0.2) is 4.79 Å². The zero-order valence-electron chi connectivity index (χ0n) is 11.4. The van der Waals surface area contributed by atoms with Crippen LogP contribution in [-0.4, -0.2) is 49.4 Å². The third kappa shape index (κ3) is 3.39. The van der Waals surface area contributed by atoms with Gasteiger partial charge in [-0.1, -0.05) is 0 Å². The molecule has 0 saturated heterocycles. The molecule has 1 unspecified atom stereocenters. The molecule has 0 fully saturated rings. The van der Waals surface area contributed by atoms with Crippen LogP contribution in [0.2, 0.25) is 0 Å². The maximum absolute atomic E-state index is 12.0. The summed E-state index contributed by atoms with van der Waals surface area (Å²) < 4.78 is 15.2. The van der Waals surface area contributed by atoms with E-state index in [1.54, 1.807) is 0 Å². The highest BCUT2D eigenvalue weighted by Crippen LogP contribution is 2.35. The quantitative estimate of drug-likeness (QED) is 0.711. The zero-order chi connectivity index (χ0) is 15.3. The van der Waals surface area contributed by atoms with E-state index < -0.39 is 24.3 Å². The van der Waals surface area contributed by atoms with Crippen LogP contribution in [0, 0.1) is 0 Å². The minimum absolute atomic E-state index is 0.116. The summed E-state index contributed by atoms with van der Waals surface area (Å²) in [7, 11) is 4.21. The summed E-state index contributed by atoms with van der Waals surface area (Å²) in [6.07, 6.45) is -2.32. The standard InChI is InChI=1S/C13H16O7/c1-18-10-6-12(20-3)11(19-2)4-7(10)8(14)5-9(15)13(16)17/h4,6,9,15H,5H2,1-3H3,(H,16,17). The molecule has 0 saturated carbocycles. The fraction of sp³-hybridized carbons (Fsp3) is 0.385. The molecule has 0 spiro atoms. The number of aliphatic hydroxyl groups is 1. The predicted molar refractivity (Wildman–Crippen MR) is 68.7 cm³/mol. The Morgan fingerprint density at radius 2 is 1.55 bits per heavy atom. The van der Waals surface area contributed by atoms with Crippen molar-refractivity contribution in [1.29, 1.82) is 0 Å². The number of ketones is 1. The number of ether oxygens (including phenoxy) is 3. The maximum atomic E-state index is 12.0. The van der Waals surface area contributed by atoms with E-state index in [1.165, 1.54) is 33.5 Å². The van der Waals surface area contributed by atoms with E-state index in [1.807, 2.05) is 0 Å². The lowest BCUT2D eigenvalue weighted by Gasteiger charge is -2.14. The maximum Gasteiger partial charge on any atom is 0.332 e. The van der Waals surface area contributed by atoms with Gasteiger partial charge in [0.2, 0.25) is 0 Å². The van der Waals surface area contributed by atoms with E-state index in [-0.39, 0.29) is 11.3 Å². The minimum Gasteiger partial charge on any atom is -0.496 e. The fourth-order valence-electron chi connectivity index (χ4n) is 1.62. The number of hydrogen-bond acceptors (Lipinski definition) is 6. The molecule has 1 atom stereocenters. The van der Waals surface area contributed by atoms with E-state index in [9.17, 15) is 14.7 Å². The monoisotopic (exact) mass is 284 g/mol. The van der Waals surface area contributed by atoms with Gasteiger partial charge >= 0.3 is 5.97 Å². The molecule has 0 amide bonds. The van der Waals surface area contributed by atoms with Crippen LogP contribution < -0.4 is 14.2 Å².